The average molecular weight is 470 g/mol. The third kappa shape index (κ3) is 4.80. The van der Waals surface area contributed by atoms with E-state index in [4.69, 9.17) is 27.9 Å². The number of carboxylic acid groups (broad SMARTS) is 1. The van der Waals surface area contributed by atoms with Crippen molar-refractivity contribution in [2.45, 2.75) is 24.6 Å². The van der Waals surface area contributed by atoms with E-state index in [1.165, 1.54) is 4.90 Å². The Morgan fingerprint density at radius 1 is 0.938 bits per heavy atom. The molecule has 4 rings (SSSR count). The summed E-state index contributed by atoms with van der Waals surface area (Å²) in [6.07, 6.45) is -0.386. The molecule has 1 fully saturated rings. The van der Waals surface area contributed by atoms with E-state index < -0.39 is 24.2 Å². The predicted molar refractivity (Wildman–Crippen MR) is 123 cm³/mol. The maximum atomic E-state index is 13.1. The zero-order valence-corrected chi connectivity index (χ0v) is 18.5. The van der Waals surface area contributed by atoms with Crippen LogP contribution in [0.4, 0.5) is 0 Å². The summed E-state index contributed by atoms with van der Waals surface area (Å²) in [4.78, 5) is 26.9. The summed E-state index contributed by atoms with van der Waals surface area (Å²) in [6.45, 7) is -0.212. The van der Waals surface area contributed by atoms with Gasteiger partial charge in [-0.25, -0.2) is 4.79 Å². The fourth-order valence-corrected chi connectivity index (χ4v) is 4.32. The van der Waals surface area contributed by atoms with Crippen LogP contribution in [-0.4, -0.2) is 34.5 Å². The second-order valence-electron chi connectivity index (χ2n) is 7.62. The maximum Gasteiger partial charge on any atom is 0.326 e. The van der Waals surface area contributed by atoms with E-state index in [2.05, 4.69) is 0 Å². The first-order valence-corrected chi connectivity index (χ1v) is 10.9. The number of carboxylic acids is 1. The number of hydrogen-bond acceptors (Lipinski definition) is 3. The molecule has 1 aliphatic rings. The van der Waals surface area contributed by atoms with Crippen LogP contribution in [0.15, 0.2) is 78.9 Å². The highest BCUT2D eigenvalue weighted by atomic mass is 35.5. The van der Waals surface area contributed by atoms with Gasteiger partial charge < -0.3 is 14.7 Å². The van der Waals surface area contributed by atoms with E-state index in [-0.39, 0.29) is 18.9 Å². The van der Waals surface area contributed by atoms with Gasteiger partial charge in [-0.05, 0) is 41.0 Å². The number of amides is 1. The minimum atomic E-state index is -1.07. The Morgan fingerprint density at radius 2 is 1.50 bits per heavy atom. The van der Waals surface area contributed by atoms with Gasteiger partial charge in [-0.3, -0.25) is 4.79 Å². The zero-order chi connectivity index (χ0) is 22.7. The lowest BCUT2D eigenvalue weighted by Crippen LogP contribution is -2.54. The first-order chi connectivity index (χ1) is 15.4. The molecule has 0 bridgehead atoms. The van der Waals surface area contributed by atoms with E-state index in [1.54, 1.807) is 36.4 Å². The SMILES string of the molecule is O=C(O)[C@H](Cc1ccccc1)N1C(=O)CO[C@H](c2ccc(Cl)cc2)[C@@H]1c1ccc(Cl)cc1. The molecule has 1 amide bonds. The molecule has 0 aliphatic carbocycles. The molecule has 1 N–H and O–H groups in total. The second-order valence-corrected chi connectivity index (χ2v) is 8.50. The number of nitrogens with zero attached hydrogens (tertiary/aromatic N) is 1. The van der Waals surface area contributed by atoms with Crippen LogP contribution in [-0.2, 0) is 20.7 Å². The predicted octanol–water partition coefficient (Wildman–Crippen LogP) is 5.33. The van der Waals surface area contributed by atoms with E-state index in [0.717, 1.165) is 16.7 Å². The Morgan fingerprint density at radius 3 is 2.06 bits per heavy atom. The normalized spacial score (nSPS) is 19.6. The molecule has 3 aromatic carbocycles. The maximum absolute atomic E-state index is 13.1. The molecule has 7 heteroatoms. The number of ether oxygens (including phenoxy) is 1. The fraction of sp³-hybridized carbons (Fsp3) is 0.200. The van der Waals surface area contributed by atoms with Crippen LogP contribution in [0.5, 0.6) is 0 Å². The first kappa shape index (κ1) is 22.3. The molecule has 164 valence electrons. The lowest BCUT2D eigenvalue weighted by molar-refractivity contribution is -0.171. The van der Waals surface area contributed by atoms with E-state index in [1.807, 2.05) is 42.5 Å². The third-order valence-corrected chi connectivity index (χ3v) is 6.07. The Kier molecular flexibility index (Phi) is 6.80. The smallest absolute Gasteiger partial charge is 0.326 e. The van der Waals surface area contributed by atoms with Gasteiger partial charge in [0.25, 0.3) is 0 Å². The quantitative estimate of drug-likeness (QED) is 0.529. The highest BCUT2D eigenvalue weighted by Crippen LogP contribution is 2.42. The van der Waals surface area contributed by atoms with Crippen molar-refractivity contribution in [2.24, 2.45) is 0 Å². The van der Waals surface area contributed by atoms with Gasteiger partial charge in [0.1, 0.15) is 18.8 Å². The van der Waals surface area contributed by atoms with Gasteiger partial charge in [0.15, 0.2) is 0 Å². The highest BCUT2D eigenvalue weighted by Gasteiger charge is 2.44. The number of rotatable bonds is 6. The van der Waals surface area contributed by atoms with E-state index >= 15 is 0 Å². The zero-order valence-electron chi connectivity index (χ0n) is 17.0. The van der Waals surface area contributed by atoms with Crippen LogP contribution in [0.2, 0.25) is 10.0 Å². The first-order valence-electron chi connectivity index (χ1n) is 10.1. The van der Waals surface area contributed by atoms with Crippen LogP contribution in [0.3, 0.4) is 0 Å². The van der Waals surface area contributed by atoms with Gasteiger partial charge in [-0.2, -0.15) is 0 Å². The number of benzene rings is 3. The van der Waals surface area contributed by atoms with E-state index in [0.29, 0.717) is 10.0 Å². The van der Waals surface area contributed by atoms with Gasteiger partial charge in [-0.15, -0.1) is 0 Å². The van der Waals surface area contributed by atoms with Crippen LogP contribution in [0.25, 0.3) is 0 Å². The minimum Gasteiger partial charge on any atom is -0.480 e. The summed E-state index contributed by atoms with van der Waals surface area (Å²) in [5.74, 6) is -1.45. The van der Waals surface area contributed by atoms with Crippen molar-refractivity contribution in [2.75, 3.05) is 6.61 Å². The van der Waals surface area contributed by atoms with Crippen LogP contribution < -0.4 is 0 Å². The van der Waals surface area contributed by atoms with E-state index in [9.17, 15) is 14.7 Å². The lowest BCUT2D eigenvalue weighted by Gasteiger charge is -2.44. The molecule has 3 atom stereocenters. The molecule has 1 saturated heterocycles. The van der Waals surface area contributed by atoms with Gasteiger partial charge in [0.05, 0.1) is 6.04 Å². The van der Waals surface area contributed by atoms with Gasteiger partial charge in [0.2, 0.25) is 5.91 Å². The second kappa shape index (κ2) is 9.74. The molecule has 32 heavy (non-hydrogen) atoms. The molecule has 0 aromatic heterocycles. The molecule has 0 unspecified atom stereocenters. The van der Waals surface area contributed by atoms with Crippen LogP contribution >= 0.6 is 23.2 Å². The summed E-state index contributed by atoms with van der Waals surface area (Å²) in [5.41, 5.74) is 2.37. The molecule has 5 nitrogen and oxygen atoms in total. The van der Waals surface area contributed by atoms with Crippen LogP contribution in [0.1, 0.15) is 28.8 Å². The summed E-state index contributed by atoms with van der Waals surface area (Å²) >= 11 is 12.1. The van der Waals surface area contributed by atoms with Crippen molar-refractivity contribution >= 4 is 35.1 Å². The van der Waals surface area contributed by atoms with Gasteiger partial charge in [-0.1, -0.05) is 77.8 Å². The Balaban J connectivity index is 1.80. The van der Waals surface area contributed by atoms with Gasteiger partial charge in [0, 0.05) is 16.5 Å². The molecular formula is C25H21Cl2NO4. The van der Waals surface area contributed by atoms with Crippen molar-refractivity contribution in [3.05, 3.63) is 106 Å². The number of carbonyl (C=O) groups excluding carboxylic acids is 1. The number of aliphatic carboxylic acids is 1. The lowest BCUT2D eigenvalue weighted by atomic mass is 9.90. The summed E-state index contributed by atoms with van der Waals surface area (Å²) < 4.78 is 5.96. The molecule has 1 heterocycles. The average Bonchev–Trinajstić information content (AvgIpc) is 2.79. The molecule has 1 aliphatic heterocycles. The van der Waals surface area contributed by atoms with Crippen molar-refractivity contribution in [1.29, 1.82) is 0 Å². The Hall–Kier alpha value is -2.86. The number of morpholine rings is 1. The Labute approximate surface area is 196 Å². The number of hydrogen-bond donors (Lipinski definition) is 1. The molecule has 3 aromatic rings. The van der Waals surface area contributed by atoms with Crippen molar-refractivity contribution < 1.29 is 19.4 Å². The largest absolute Gasteiger partial charge is 0.480 e. The van der Waals surface area contributed by atoms with Crippen LogP contribution in [0, 0.1) is 0 Å². The topological polar surface area (TPSA) is 66.8 Å². The summed E-state index contributed by atoms with van der Waals surface area (Å²) in [7, 11) is 0. The van der Waals surface area contributed by atoms with Crippen molar-refractivity contribution in [3.8, 4) is 0 Å². The molecule has 0 spiro atoms. The molecule has 0 saturated carbocycles. The molecule has 0 radical (unpaired) electrons. The monoisotopic (exact) mass is 469 g/mol. The standard InChI is InChI=1S/C25H21Cl2NO4/c26-19-10-6-17(7-11-19)23-24(18-8-12-20(27)13-9-18)32-15-22(29)28(23)21(25(30)31)14-16-4-2-1-3-5-16/h1-13,21,23-24H,14-15H2,(H,30,31)/t21-,23-,24+/m0/s1. The third-order valence-electron chi connectivity index (χ3n) is 5.56. The number of carbonyl (C=O) groups is 2. The Bertz CT molecular complexity index is 1090. The summed E-state index contributed by atoms with van der Waals surface area (Å²) in [5, 5.41) is 11.3. The highest BCUT2D eigenvalue weighted by molar-refractivity contribution is 6.30. The molecular weight excluding hydrogens is 449 g/mol. The van der Waals surface area contributed by atoms with Gasteiger partial charge >= 0.3 is 5.97 Å². The number of halogens is 2. The summed E-state index contributed by atoms with van der Waals surface area (Å²) in [6, 6.07) is 21.8. The fourth-order valence-electron chi connectivity index (χ4n) is 4.06. The van der Waals surface area contributed by atoms with Crippen molar-refractivity contribution in [3.63, 3.8) is 0 Å². The van der Waals surface area contributed by atoms with Crippen molar-refractivity contribution in [1.82, 2.24) is 4.90 Å². The minimum absolute atomic E-state index is 0.180.